The number of methoxy groups -OCH3 is 1. The number of benzene rings is 2. The zero-order valence-corrected chi connectivity index (χ0v) is 19.2. The molecule has 2 aromatic carbocycles. The lowest BCUT2D eigenvalue weighted by molar-refractivity contribution is -0.142. The predicted octanol–water partition coefficient (Wildman–Crippen LogP) is 2.57. The summed E-state index contributed by atoms with van der Waals surface area (Å²) in [5, 5.41) is 2.81. The van der Waals surface area contributed by atoms with Gasteiger partial charge in [0, 0.05) is 34.8 Å². The Bertz CT molecular complexity index is 1300. The molecule has 5 rings (SSSR count). The monoisotopic (exact) mass is 510 g/mol. The minimum Gasteiger partial charge on any atom is -0.460 e. The van der Waals surface area contributed by atoms with Crippen molar-refractivity contribution < 1.29 is 28.6 Å². The highest BCUT2D eigenvalue weighted by molar-refractivity contribution is 9.10. The van der Waals surface area contributed by atoms with Crippen molar-refractivity contribution in [1.82, 2.24) is 0 Å². The molecule has 2 heterocycles. The van der Waals surface area contributed by atoms with Crippen LogP contribution in [0.4, 0.5) is 5.69 Å². The number of Topliss-reactive ketones (excluding diaryl/α,β-unsaturated/α-hetero) is 1. The Hall–Kier alpha value is -3.43. The lowest BCUT2D eigenvalue weighted by atomic mass is 9.64. The maximum Gasteiger partial charge on any atom is 0.341 e. The number of nitrogens with one attached hydrogen (secondary N) is 1. The van der Waals surface area contributed by atoms with E-state index in [0.29, 0.717) is 21.3 Å². The summed E-state index contributed by atoms with van der Waals surface area (Å²) < 4.78 is 16.9. The third-order valence-electron chi connectivity index (χ3n) is 6.03. The van der Waals surface area contributed by atoms with Crippen molar-refractivity contribution in [3.8, 4) is 0 Å². The minimum atomic E-state index is -1.81. The van der Waals surface area contributed by atoms with E-state index < -0.39 is 17.3 Å². The molecule has 3 N–H and O–H groups in total. The second kappa shape index (κ2) is 7.86. The molecule has 2 aromatic rings. The van der Waals surface area contributed by atoms with Crippen molar-refractivity contribution in [1.29, 1.82) is 0 Å². The Balaban J connectivity index is 1.82. The lowest BCUT2D eigenvalue weighted by Crippen LogP contribution is -2.49. The highest BCUT2D eigenvalue weighted by Crippen LogP contribution is 2.55. The molecule has 0 aromatic heterocycles. The molecule has 0 fully saturated rings. The Kier molecular flexibility index (Phi) is 5.10. The van der Waals surface area contributed by atoms with Crippen LogP contribution in [0.2, 0.25) is 0 Å². The zero-order chi connectivity index (χ0) is 23.3. The summed E-state index contributed by atoms with van der Waals surface area (Å²) in [5.41, 5.74) is 6.63. The van der Waals surface area contributed by atoms with Gasteiger partial charge in [-0.2, -0.15) is 0 Å². The molecular weight excluding hydrogens is 492 g/mol. The van der Waals surface area contributed by atoms with Crippen LogP contribution in [0.5, 0.6) is 0 Å². The summed E-state index contributed by atoms with van der Waals surface area (Å²) in [7, 11) is 1.47. The van der Waals surface area contributed by atoms with Gasteiger partial charge in [0.15, 0.2) is 5.78 Å². The van der Waals surface area contributed by atoms with Gasteiger partial charge >= 0.3 is 5.97 Å². The van der Waals surface area contributed by atoms with Crippen LogP contribution in [0.15, 0.2) is 64.0 Å². The number of esters is 1. The molecule has 9 heteroatoms. The molecule has 0 radical (unpaired) electrons. The summed E-state index contributed by atoms with van der Waals surface area (Å²) >= 11 is 3.44. The van der Waals surface area contributed by atoms with E-state index in [1.165, 1.54) is 7.11 Å². The normalized spacial score (nSPS) is 20.8. The first-order valence-corrected chi connectivity index (χ1v) is 11.0. The van der Waals surface area contributed by atoms with E-state index in [4.69, 9.17) is 19.9 Å². The van der Waals surface area contributed by atoms with E-state index in [1.807, 2.05) is 18.2 Å². The number of rotatable bonds is 4. The van der Waals surface area contributed by atoms with Crippen molar-refractivity contribution in [2.75, 3.05) is 25.6 Å². The van der Waals surface area contributed by atoms with Crippen LogP contribution in [0.25, 0.3) is 5.76 Å². The van der Waals surface area contributed by atoms with Gasteiger partial charge in [-0.25, -0.2) is 4.79 Å². The summed E-state index contributed by atoms with van der Waals surface area (Å²) in [5.74, 6) is -1.87. The molecule has 1 amide bonds. The Morgan fingerprint density at radius 3 is 2.79 bits per heavy atom. The average Bonchev–Trinajstić information content (AvgIpc) is 3.05. The van der Waals surface area contributed by atoms with E-state index in [2.05, 4.69) is 21.2 Å². The minimum absolute atomic E-state index is 0.0577. The number of ketones is 1. The second-order valence-electron chi connectivity index (χ2n) is 7.83. The highest BCUT2D eigenvalue weighted by atomic mass is 79.9. The fraction of sp³-hybridized carbons (Fsp3) is 0.208. The van der Waals surface area contributed by atoms with Gasteiger partial charge in [-0.15, -0.1) is 0 Å². The van der Waals surface area contributed by atoms with Crippen molar-refractivity contribution in [2.24, 2.45) is 5.73 Å². The fourth-order valence-electron chi connectivity index (χ4n) is 4.69. The number of hydrogen-bond acceptors (Lipinski definition) is 7. The van der Waals surface area contributed by atoms with Gasteiger partial charge in [0.1, 0.15) is 23.4 Å². The van der Waals surface area contributed by atoms with Crippen LogP contribution >= 0.6 is 15.9 Å². The summed E-state index contributed by atoms with van der Waals surface area (Å²) in [6.07, 6.45) is 0.0582. The van der Waals surface area contributed by atoms with Crippen LogP contribution in [0, 0.1) is 0 Å². The van der Waals surface area contributed by atoms with E-state index in [9.17, 15) is 14.4 Å². The van der Waals surface area contributed by atoms with Crippen molar-refractivity contribution in [3.05, 3.63) is 80.7 Å². The Labute approximate surface area is 197 Å². The predicted molar refractivity (Wildman–Crippen MR) is 122 cm³/mol. The molecule has 33 heavy (non-hydrogen) atoms. The molecule has 3 aliphatic rings. The highest BCUT2D eigenvalue weighted by Gasteiger charge is 2.62. The van der Waals surface area contributed by atoms with Crippen LogP contribution in [-0.4, -0.2) is 38.0 Å². The molecule has 1 spiro atoms. The van der Waals surface area contributed by atoms with E-state index in [-0.39, 0.29) is 48.2 Å². The molecule has 8 nitrogen and oxygen atoms in total. The SMILES string of the molecule is COCCOC(=O)C1=C(N)OC2=C(C(=O)Cc3ccccc32)[C@]12C(=O)Nc1ccc(Br)cc12. The second-order valence-corrected chi connectivity index (χ2v) is 8.74. The Morgan fingerprint density at radius 2 is 2.00 bits per heavy atom. The number of ether oxygens (including phenoxy) is 3. The van der Waals surface area contributed by atoms with Gasteiger partial charge in [0.2, 0.25) is 11.8 Å². The molecule has 168 valence electrons. The number of anilines is 1. The molecular formula is C24H19BrN2O6. The number of carbonyl (C=O) groups is 3. The first kappa shape index (κ1) is 21.4. The summed E-state index contributed by atoms with van der Waals surface area (Å²) in [4.78, 5) is 40.6. The fourth-order valence-corrected chi connectivity index (χ4v) is 5.05. The standard InChI is InChI=1S/C24H19BrN2O6/c1-31-8-9-32-22(29)19-21(26)33-20-14-5-3-2-4-12(14)10-17(28)18(20)24(19)15-11-13(25)6-7-16(15)27-23(24)30/h2-7,11H,8-10,26H2,1H3,(H,27,30)/t24-/m0/s1. The molecule has 0 bridgehead atoms. The average molecular weight is 511 g/mol. The van der Waals surface area contributed by atoms with Crippen molar-refractivity contribution in [3.63, 3.8) is 0 Å². The van der Waals surface area contributed by atoms with Gasteiger partial charge in [-0.3, -0.25) is 9.59 Å². The van der Waals surface area contributed by atoms with Crippen LogP contribution < -0.4 is 11.1 Å². The number of amides is 1. The van der Waals surface area contributed by atoms with E-state index >= 15 is 0 Å². The van der Waals surface area contributed by atoms with Gasteiger partial charge in [0.05, 0.1) is 12.2 Å². The largest absolute Gasteiger partial charge is 0.460 e. The van der Waals surface area contributed by atoms with Crippen molar-refractivity contribution >= 4 is 45.0 Å². The number of nitrogens with two attached hydrogens (primary N) is 1. The number of hydrogen-bond donors (Lipinski definition) is 2. The smallest absolute Gasteiger partial charge is 0.341 e. The summed E-state index contributed by atoms with van der Waals surface area (Å²) in [6, 6.07) is 12.4. The molecule has 0 unspecified atom stereocenters. The number of halogens is 1. The van der Waals surface area contributed by atoms with Gasteiger partial charge < -0.3 is 25.3 Å². The van der Waals surface area contributed by atoms with Crippen LogP contribution in [0.1, 0.15) is 16.7 Å². The molecule has 0 saturated carbocycles. The zero-order valence-electron chi connectivity index (χ0n) is 17.6. The Morgan fingerprint density at radius 1 is 1.21 bits per heavy atom. The quantitative estimate of drug-likeness (QED) is 0.479. The third-order valence-corrected chi connectivity index (χ3v) is 6.52. The first-order chi connectivity index (χ1) is 15.9. The van der Waals surface area contributed by atoms with Crippen LogP contribution in [-0.2, 0) is 40.4 Å². The van der Waals surface area contributed by atoms with Gasteiger partial charge in [0.25, 0.3) is 0 Å². The van der Waals surface area contributed by atoms with E-state index in [1.54, 1.807) is 24.3 Å². The molecule has 1 atom stereocenters. The third kappa shape index (κ3) is 3.03. The molecule has 0 saturated heterocycles. The maximum absolute atomic E-state index is 13.7. The molecule has 2 aliphatic heterocycles. The van der Waals surface area contributed by atoms with E-state index in [0.717, 1.165) is 5.56 Å². The van der Waals surface area contributed by atoms with Crippen LogP contribution in [0.3, 0.4) is 0 Å². The number of carbonyl (C=O) groups excluding carboxylic acids is 3. The van der Waals surface area contributed by atoms with Crippen molar-refractivity contribution in [2.45, 2.75) is 11.8 Å². The summed E-state index contributed by atoms with van der Waals surface area (Å²) in [6.45, 7) is 0.0964. The van der Waals surface area contributed by atoms with Gasteiger partial charge in [-0.1, -0.05) is 40.2 Å². The lowest BCUT2D eigenvalue weighted by Gasteiger charge is -2.38. The number of fused-ring (bicyclic) bond motifs is 5. The van der Waals surface area contributed by atoms with Gasteiger partial charge in [-0.05, 0) is 23.8 Å². The molecule has 1 aliphatic carbocycles. The topological polar surface area (TPSA) is 117 Å². The first-order valence-electron chi connectivity index (χ1n) is 10.2. The maximum atomic E-state index is 13.7.